The molecule has 0 aliphatic heterocycles. The van der Waals surface area contributed by atoms with Gasteiger partial charge >= 0.3 is 0 Å². The van der Waals surface area contributed by atoms with Crippen LogP contribution in [0.4, 0.5) is 0 Å². The molecule has 0 spiro atoms. The molecule has 0 atom stereocenters. The molecule has 1 rings (SSSR count). The summed E-state index contributed by atoms with van der Waals surface area (Å²) in [7, 11) is 2.00. The summed E-state index contributed by atoms with van der Waals surface area (Å²) in [6, 6.07) is 0. The van der Waals surface area contributed by atoms with E-state index in [1.54, 1.807) is 0 Å². The highest BCUT2D eigenvalue weighted by atomic mass is 32.1. The number of rotatable bonds is 4. The van der Waals surface area contributed by atoms with Crippen molar-refractivity contribution in [3.63, 3.8) is 0 Å². The topological polar surface area (TPSA) is 24.9 Å². The Kier molecular flexibility index (Phi) is 3.67. The largest absolute Gasteiger partial charge is 0.314 e. The Morgan fingerprint density at radius 1 is 1.50 bits per heavy atom. The van der Waals surface area contributed by atoms with Gasteiger partial charge in [-0.25, -0.2) is 4.98 Å². The molecule has 1 N–H and O–H groups in total. The van der Waals surface area contributed by atoms with Crippen LogP contribution in [0, 0.1) is 0 Å². The van der Waals surface area contributed by atoms with Gasteiger partial charge < -0.3 is 5.32 Å². The van der Waals surface area contributed by atoms with Crippen molar-refractivity contribution in [1.82, 2.24) is 10.3 Å². The van der Waals surface area contributed by atoms with E-state index in [9.17, 15) is 0 Å². The van der Waals surface area contributed by atoms with Crippen LogP contribution in [0.25, 0.3) is 0 Å². The van der Waals surface area contributed by atoms with Crippen molar-refractivity contribution in [2.45, 2.75) is 45.6 Å². The van der Waals surface area contributed by atoms with E-state index in [4.69, 9.17) is 0 Å². The third-order valence-corrected chi connectivity index (χ3v) is 3.66. The first-order valence-electron chi connectivity index (χ1n) is 5.08. The average molecular weight is 212 g/mol. The van der Waals surface area contributed by atoms with E-state index in [1.165, 1.54) is 9.88 Å². The molecule has 0 radical (unpaired) electrons. The molecule has 1 heterocycles. The van der Waals surface area contributed by atoms with Crippen LogP contribution in [0.2, 0.25) is 0 Å². The Morgan fingerprint density at radius 3 is 2.57 bits per heavy atom. The summed E-state index contributed by atoms with van der Waals surface area (Å²) in [5.74, 6) is 0.548. The predicted molar refractivity (Wildman–Crippen MR) is 63.0 cm³/mol. The van der Waals surface area contributed by atoms with Crippen LogP contribution in [0.5, 0.6) is 0 Å². The van der Waals surface area contributed by atoms with Gasteiger partial charge in [0.2, 0.25) is 0 Å². The fourth-order valence-corrected chi connectivity index (χ4v) is 2.34. The molecular weight excluding hydrogens is 192 g/mol. The Hall–Kier alpha value is -0.410. The van der Waals surface area contributed by atoms with Crippen molar-refractivity contribution < 1.29 is 0 Å². The van der Waals surface area contributed by atoms with Gasteiger partial charge in [0.15, 0.2) is 0 Å². The summed E-state index contributed by atoms with van der Waals surface area (Å²) < 4.78 is 0. The number of hydrogen-bond acceptors (Lipinski definition) is 3. The van der Waals surface area contributed by atoms with Gasteiger partial charge in [-0.2, -0.15) is 0 Å². The third kappa shape index (κ3) is 3.07. The van der Waals surface area contributed by atoms with Crippen molar-refractivity contribution in [1.29, 1.82) is 0 Å². The van der Waals surface area contributed by atoms with Gasteiger partial charge in [-0.05, 0) is 20.9 Å². The highest BCUT2D eigenvalue weighted by molar-refractivity contribution is 7.11. The molecular formula is C11H20N2S. The highest BCUT2D eigenvalue weighted by Gasteiger charge is 2.17. The lowest BCUT2D eigenvalue weighted by atomic mass is 10.0. The minimum atomic E-state index is 0.167. The molecule has 80 valence electrons. The van der Waals surface area contributed by atoms with Crippen molar-refractivity contribution in [2.24, 2.45) is 0 Å². The van der Waals surface area contributed by atoms with Crippen LogP contribution in [0.15, 0.2) is 6.20 Å². The van der Waals surface area contributed by atoms with Crippen LogP contribution in [-0.2, 0) is 6.42 Å². The van der Waals surface area contributed by atoms with Gasteiger partial charge in [0.05, 0.1) is 5.01 Å². The minimum Gasteiger partial charge on any atom is -0.314 e. The molecule has 0 bridgehead atoms. The summed E-state index contributed by atoms with van der Waals surface area (Å²) in [5, 5.41) is 4.55. The zero-order chi connectivity index (χ0) is 10.8. The lowest BCUT2D eigenvalue weighted by Gasteiger charge is -2.22. The van der Waals surface area contributed by atoms with Crippen molar-refractivity contribution in [3.8, 4) is 0 Å². The first-order chi connectivity index (χ1) is 6.44. The first-order valence-corrected chi connectivity index (χ1v) is 5.90. The fourth-order valence-electron chi connectivity index (χ4n) is 1.20. The van der Waals surface area contributed by atoms with Crippen LogP contribution < -0.4 is 5.32 Å². The summed E-state index contributed by atoms with van der Waals surface area (Å²) in [6.07, 6.45) is 3.06. The zero-order valence-electron chi connectivity index (χ0n) is 9.72. The van der Waals surface area contributed by atoms with Gasteiger partial charge in [0.1, 0.15) is 0 Å². The first kappa shape index (κ1) is 11.7. The van der Waals surface area contributed by atoms with Crippen LogP contribution in [0.1, 0.15) is 43.5 Å². The number of likely N-dealkylation sites (N-methyl/N-ethyl adjacent to an activating group) is 1. The molecule has 3 heteroatoms. The molecule has 0 aliphatic rings. The molecule has 1 aromatic heterocycles. The maximum atomic E-state index is 4.42. The van der Waals surface area contributed by atoms with E-state index in [0.717, 1.165) is 6.42 Å². The van der Waals surface area contributed by atoms with E-state index in [-0.39, 0.29) is 5.54 Å². The number of aromatic nitrogens is 1. The molecule has 2 nitrogen and oxygen atoms in total. The molecule has 0 amide bonds. The molecule has 0 unspecified atom stereocenters. The van der Waals surface area contributed by atoms with Crippen molar-refractivity contribution >= 4 is 11.3 Å². The van der Waals surface area contributed by atoms with Crippen molar-refractivity contribution in [3.05, 3.63) is 16.1 Å². The van der Waals surface area contributed by atoms with Crippen LogP contribution in [-0.4, -0.2) is 17.6 Å². The van der Waals surface area contributed by atoms with Gasteiger partial charge in [-0.15, -0.1) is 11.3 Å². The zero-order valence-corrected chi connectivity index (χ0v) is 10.5. The fraction of sp³-hybridized carbons (Fsp3) is 0.727. The maximum absolute atomic E-state index is 4.42. The van der Waals surface area contributed by atoms with Gasteiger partial charge in [0.25, 0.3) is 0 Å². The lowest BCUT2D eigenvalue weighted by molar-refractivity contribution is 0.424. The Bertz CT molecular complexity index is 289. The van der Waals surface area contributed by atoms with E-state index in [1.807, 2.05) is 24.6 Å². The lowest BCUT2D eigenvalue weighted by Crippen LogP contribution is -2.38. The summed E-state index contributed by atoms with van der Waals surface area (Å²) in [6.45, 7) is 8.79. The van der Waals surface area contributed by atoms with E-state index >= 15 is 0 Å². The minimum absolute atomic E-state index is 0.167. The molecule has 0 aromatic carbocycles. The second-order valence-corrected chi connectivity index (χ2v) is 5.78. The third-order valence-electron chi connectivity index (χ3n) is 2.36. The quantitative estimate of drug-likeness (QED) is 0.830. The normalized spacial score (nSPS) is 12.4. The second-order valence-electron chi connectivity index (χ2n) is 4.63. The smallest absolute Gasteiger partial charge is 0.0953 e. The molecule has 1 aromatic rings. The number of thiazole rings is 1. The average Bonchev–Trinajstić information content (AvgIpc) is 2.52. The molecule has 0 saturated heterocycles. The Morgan fingerprint density at radius 2 is 2.14 bits per heavy atom. The molecule has 0 aliphatic carbocycles. The SMILES string of the molecule is CNC(C)(C)Cc1cnc(C(C)C)s1. The van der Waals surface area contributed by atoms with E-state index in [0.29, 0.717) is 5.92 Å². The van der Waals surface area contributed by atoms with Gasteiger partial charge in [-0.1, -0.05) is 13.8 Å². The second kappa shape index (κ2) is 4.41. The van der Waals surface area contributed by atoms with E-state index in [2.05, 4.69) is 38.0 Å². The monoisotopic (exact) mass is 212 g/mol. The van der Waals surface area contributed by atoms with Gasteiger partial charge in [0, 0.05) is 29.0 Å². The molecule has 0 saturated carbocycles. The highest BCUT2D eigenvalue weighted by Crippen LogP contribution is 2.23. The maximum Gasteiger partial charge on any atom is 0.0953 e. The predicted octanol–water partition coefficient (Wildman–Crippen LogP) is 2.81. The van der Waals surface area contributed by atoms with Gasteiger partial charge in [-0.3, -0.25) is 0 Å². The Balaban J connectivity index is 2.69. The summed E-state index contributed by atoms with van der Waals surface area (Å²) in [4.78, 5) is 5.79. The molecule has 14 heavy (non-hydrogen) atoms. The number of nitrogens with zero attached hydrogens (tertiary/aromatic N) is 1. The summed E-state index contributed by atoms with van der Waals surface area (Å²) in [5.41, 5.74) is 0.167. The Labute approximate surface area is 90.8 Å². The van der Waals surface area contributed by atoms with Crippen LogP contribution >= 0.6 is 11.3 Å². The number of hydrogen-bond donors (Lipinski definition) is 1. The van der Waals surface area contributed by atoms with Crippen LogP contribution in [0.3, 0.4) is 0 Å². The van der Waals surface area contributed by atoms with Crippen molar-refractivity contribution in [2.75, 3.05) is 7.05 Å². The van der Waals surface area contributed by atoms with E-state index < -0.39 is 0 Å². The standard InChI is InChI=1S/C11H20N2S/c1-8(2)10-13-7-9(14-10)6-11(3,4)12-5/h7-8,12H,6H2,1-5H3. The molecule has 0 fully saturated rings. The number of nitrogens with one attached hydrogen (secondary N) is 1. The summed E-state index contributed by atoms with van der Waals surface area (Å²) >= 11 is 1.83.